The van der Waals surface area contributed by atoms with Gasteiger partial charge in [-0.1, -0.05) is 27.7 Å². The number of nitrogens with two attached hydrogens (primary N) is 1. The Morgan fingerprint density at radius 2 is 1.61 bits per heavy atom. The summed E-state index contributed by atoms with van der Waals surface area (Å²) in [4.78, 5) is 22.7. The quantitative estimate of drug-likeness (QED) is 0.610. The minimum Gasteiger partial charge on any atom is -0.481 e. The maximum absolute atomic E-state index is 11.7. The van der Waals surface area contributed by atoms with Gasteiger partial charge >= 0.3 is 5.97 Å². The number of rotatable bonds is 8. The van der Waals surface area contributed by atoms with Gasteiger partial charge in [0.1, 0.15) is 0 Å². The lowest BCUT2D eigenvalue weighted by atomic mass is 9.97. The number of nitrogens with one attached hydrogen (secondary N) is 1. The van der Waals surface area contributed by atoms with E-state index in [0.717, 1.165) is 0 Å². The van der Waals surface area contributed by atoms with Crippen molar-refractivity contribution < 1.29 is 14.7 Å². The van der Waals surface area contributed by atoms with E-state index in [2.05, 4.69) is 5.32 Å². The van der Waals surface area contributed by atoms with Gasteiger partial charge < -0.3 is 16.2 Å². The molecule has 106 valence electrons. The zero-order valence-electron chi connectivity index (χ0n) is 11.8. The predicted octanol–water partition coefficient (Wildman–Crippen LogP) is 1.22. The van der Waals surface area contributed by atoms with Crippen LogP contribution in [0.15, 0.2) is 0 Å². The van der Waals surface area contributed by atoms with Crippen molar-refractivity contribution in [2.75, 3.05) is 6.54 Å². The molecular formula is C13H26N2O3. The average Bonchev–Trinajstić information content (AvgIpc) is 2.21. The highest BCUT2D eigenvalue weighted by atomic mass is 16.4. The zero-order valence-corrected chi connectivity index (χ0v) is 11.8. The largest absolute Gasteiger partial charge is 0.481 e. The molecule has 2 atom stereocenters. The summed E-state index contributed by atoms with van der Waals surface area (Å²) in [5.74, 6) is -1.05. The molecule has 0 aromatic heterocycles. The topological polar surface area (TPSA) is 92.4 Å². The number of carboxylic acids is 1. The lowest BCUT2D eigenvalue weighted by Gasteiger charge is -2.18. The molecule has 0 saturated carbocycles. The van der Waals surface area contributed by atoms with Gasteiger partial charge in [-0.2, -0.15) is 0 Å². The molecule has 0 aromatic rings. The number of carbonyl (C=O) groups excluding carboxylic acids is 1. The van der Waals surface area contributed by atoms with Crippen molar-refractivity contribution in [2.24, 2.45) is 23.5 Å². The SMILES string of the molecule is CC(C)CC(N)C(=O)NCC(CC(C)C)C(=O)O. The molecular weight excluding hydrogens is 232 g/mol. The number of carbonyl (C=O) groups is 2. The molecule has 0 aliphatic rings. The highest BCUT2D eigenvalue weighted by Crippen LogP contribution is 2.11. The summed E-state index contributed by atoms with van der Waals surface area (Å²) in [5, 5.41) is 11.7. The van der Waals surface area contributed by atoms with Gasteiger partial charge in [-0.15, -0.1) is 0 Å². The minimum atomic E-state index is -0.874. The summed E-state index contributed by atoms with van der Waals surface area (Å²) >= 11 is 0. The maximum Gasteiger partial charge on any atom is 0.308 e. The average molecular weight is 258 g/mol. The van der Waals surface area contributed by atoms with Crippen LogP contribution in [0.3, 0.4) is 0 Å². The van der Waals surface area contributed by atoms with E-state index in [-0.39, 0.29) is 18.4 Å². The van der Waals surface area contributed by atoms with Gasteiger partial charge in [0.15, 0.2) is 0 Å². The van der Waals surface area contributed by atoms with Crippen LogP contribution < -0.4 is 11.1 Å². The van der Waals surface area contributed by atoms with Gasteiger partial charge in [-0.3, -0.25) is 9.59 Å². The van der Waals surface area contributed by atoms with E-state index in [1.807, 2.05) is 27.7 Å². The first kappa shape index (κ1) is 16.9. The Hall–Kier alpha value is -1.10. The highest BCUT2D eigenvalue weighted by molar-refractivity contribution is 5.82. The van der Waals surface area contributed by atoms with Crippen molar-refractivity contribution in [3.05, 3.63) is 0 Å². The lowest BCUT2D eigenvalue weighted by Crippen LogP contribution is -2.44. The molecule has 0 saturated heterocycles. The second-order valence-corrected chi connectivity index (χ2v) is 5.65. The summed E-state index contributed by atoms with van der Waals surface area (Å²) in [7, 11) is 0. The van der Waals surface area contributed by atoms with Crippen molar-refractivity contribution in [3.63, 3.8) is 0 Å². The molecule has 0 aliphatic heterocycles. The van der Waals surface area contributed by atoms with Gasteiger partial charge in [-0.05, 0) is 24.7 Å². The Balaban J connectivity index is 4.18. The van der Waals surface area contributed by atoms with E-state index < -0.39 is 17.9 Å². The smallest absolute Gasteiger partial charge is 0.308 e. The number of hydrogen-bond donors (Lipinski definition) is 3. The van der Waals surface area contributed by atoms with Gasteiger partial charge in [0.05, 0.1) is 12.0 Å². The zero-order chi connectivity index (χ0) is 14.3. The number of hydrogen-bond acceptors (Lipinski definition) is 3. The molecule has 0 aliphatic carbocycles. The summed E-state index contributed by atoms with van der Waals surface area (Å²) in [5.41, 5.74) is 5.72. The molecule has 0 spiro atoms. The standard InChI is InChI=1S/C13H26N2O3/c1-8(2)5-10(13(17)18)7-15-12(16)11(14)6-9(3)4/h8-11H,5-7,14H2,1-4H3,(H,15,16)(H,17,18). The van der Waals surface area contributed by atoms with Crippen LogP contribution in [0, 0.1) is 17.8 Å². The Morgan fingerprint density at radius 1 is 1.11 bits per heavy atom. The Morgan fingerprint density at radius 3 is 2.00 bits per heavy atom. The third-order valence-electron chi connectivity index (χ3n) is 2.69. The fourth-order valence-electron chi connectivity index (χ4n) is 1.81. The molecule has 5 nitrogen and oxygen atoms in total. The van der Waals surface area contributed by atoms with Crippen LogP contribution in [0.25, 0.3) is 0 Å². The first-order chi connectivity index (χ1) is 8.23. The second-order valence-electron chi connectivity index (χ2n) is 5.65. The number of aliphatic carboxylic acids is 1. The molecule has 0 fully saturated rings. The molecule has 0 rings (SSSR count). The molecule has 4 N–H and O–H groups in total. The third kappa shape index (κ3) is 7.27. The van der Waals surface area contributed by atoms with E-state index in [0.29, 0.717) is 18.8 Å². The fraction of sp³-hybridized carbons (Fsp3) is 0.846. The number of carboxylic acid groups (broad SMARTS) is 1. The van der Waals surface area contributed by atoms with Crippen molar-refractivity contribution >= 4 is 11.9 Å². The lowest BCUT2D eigenvalue weighted by molar-refractivity contribution is -0.142. The van der Waals surface area contributed by atoms with Gasteiger partial charge in [0.25, 0.3) is 0 Å². The fourth-order valence-corrected chi connectivity index (χ4v) is 1.81. The van der Waals surface area contributed by atoms with Crippen LogP contribution in [-0.4, -0.2) is 29.6 Å². The van der Waals surface area contributed by atoms with Gasteiger partial charge in [0.2, 0.25) is 5.91 Å². The normalized spacial score (nSPS) is 14.6. The molecule has 0 radical (unpaired) electrons. The van der Waals surface area contributed by atoms with Crippen LogP contribution in [0.2, 0.25) is 0 Å². The summed E-state index contributed by atoms with van der Waals surface area (Å²) in [6, 6.07) is -0.557. The van der Waals surface area contributed by atoms with Crippen molar-refractivity contribution in [3.8, 4) is 0 Å². The molecule has 2 unspecified atom stereocenters. The van der Waals surface area contributed by atoms with E-state index >= 15 is 0 Å². The molecule has 0 bridgehead atoms. The molecule has 5 heteroatoms. The molecule has 1 amide bonds. The minimum absolute atomic E-state index is 0.151. The van der Waals surface area contributed by atoms with E-state index in [1.165, 1.54) is 0 Å². The van der Waals surface area contributed by atoms with Crippen LogP contribution in [0.1, 0.15) is 40.5 Å². The Kier molecular flexibility index (Phi) is 7.59. The van der Waals surface area contributed by atoms with Crippen molar-refractivity contribution in [2.45, 2.75) is 46.6 Å². The van der Waals surface area contributed by atoms with Crippen molar-refractivity contribution in [1.29, 1.82) is 0 Å². The maximum atomic E-state index is 11.7. The Bertz CT molecular complexity index is 277. The summed E-state index contributed by atoms with van der Waals surface area (Å²) < 4.78 is 0. The molecule has 0 heterocycles. The van der Waals surface area contributed by atoms with Crippen LogP contribution in [0.5, 0.6) is 0 Å². The predicted molar refractivity (Wildman–Crippen MR) is 71.0 cm³/mol. The summed E-state index contributed by atoms with van der Waals surface area (Å²) in [6.45, 7) is 8.06. The van der Waals surface area contributed by atoms with Gasteiger partial charge in [0, 0.05) is 6.54 Å². The first-order valence-corrected chi connectivity index (χ1v) is 6.50. The van der Waals surface area contributed by atoms with Gasteiger partial charge in [-0.25, -0.2) is 0 Å². The second kappa shape index (κ2) is 8.08. The number of amides is 1. The van der Waals surface area contributed by atoms with Crippen LogP contribution >= 0.6 is 0 Å². The monoisotopic (exact) mass is 258 g/mol. The van der Waals surface area contributed by atoms with Crippen LogP contribution in [-0.2, 0) is 9.59 Å². The first-order valence-electron chi connectivity index (χ1n) is 6.50. The van der Waals surface area contributed by atoms with E-state index in [1.54, 1.807) is 0 Å². The third-order valence-corrected chi connectivity index (χ3v) is 2.69. The summed E-state index contributed by atoms with van der Waals surface area (Å²) in [6.07, 6.45) is 1.16. The Labute approximate surface area is 109 Å². The van der Waals surface area contributed by atoms with Crippen LogP contribution in [0.4, 0.5) is 0 Å². The highest BCUT2D eigenvalue weighted by Gasteiger charge is 2.21. The van der Waals surface area contributed by atoms with E-state index in [9.17, 15) is 9.59 Å². The van der Waals surface area contributed by atoms with E-state index in [4.69, 9.17) is 10.8 Å². The molecule has 0 aromatic carbocycles. The van der Waals surface area contributed by atoms with Crippen molar-refractivity contribution in [1.82, 2.24) is 5.32 Å². The molecule has 18 heavy (non-hydrogen) atoms.